The van der Waals surface area contributed by atoms with Crippen molar-refractivity contribution in [3.63, 3.8) is 0 Å². The minimum Gasteiger partial charge on any atom is -0.311 e. The molecule has 1 saturated carbocycles. The third-order valence-electron chi connectivity index (χ3n) is 3.20. The Labute approximate surface area is 82.6 Å². The van der Waals surface area contributed by atoms with E-state index in [-0.39, 0.29) is 0 Å². The van der Waals surface area contributed by atoms with Crippen LogP contribution in [0.3, 0.4) is 0 Å². The summed E-state index contributed by atoms with van der Waals surface area (Å²) in [5, 5.41) is 3.71. The summed E-state index contributed by atoms with van der Waals surface area (Å²) < 4.78 is 0. The van der Waals surface area contributed by atoms with E-state index in [4.69, 9.17) is 0 Å². The molecule has 1 N–H and O–H groups in total. The highest BCUT2D eigenvalue weighted by Gasteiger charge is 2.25. The van der Waals surface area contributed by atoms with Crippen LogP contribution in [-0.2, 0) is 0 Å². The van der Waals surface area contributed by atoms with Crippen LogP contribution in [0.2, 0.25) is 0 Å². The van der Waals surface area contributed by atoms with Gasteiger partial charge >= 0.3 is 0 Å². The molecule has 1 aliphatic rings. The second-order valence-corrected chi connectivity index (χ2v) is 4.30. The van der Waals surface area contributed by atoms with Gasteiger partial charge < -0.3 is 5.32 Å². The maximum atomic E-state index is 3.77. The van der Waals surface area contributed by atoms with Gasteiger partial charge in [0.15, 0.2) is 0 Å². The summed E-state index contributed by atoms with van der Waals surface area (Å²) in [6, 6.07) is 1.38. The Kier molecular flexibility index (Phi) is 4.51. The smallest absolute Gasteiger partial charge is 0.00978 e. The molecule has 0 aromatic heterocycles. The van der Waals surface area contributed by atoms with Crippen molar-refractivity contribution in [2.75, 3.05) is 0 Å². The Bertz CT molecular complexity index is 153. The van der Waals surface area contributed by atoms with Crippen molar-refractivity contribution in [1.82, 2.24) is 5.32 Å². The van der Waals surface area contributed by atoms with Gasteiger partial charge in [-0.1, -0.05) is 25.8 Å². The third kappa shape index (κ3) is 3.15. The maximum absolute atomic E-state index is 3.77. The first-order valence-corrected chi connectivity index (χ1v) is 5.64. The minimum atomic E-state index is 0.606. The van der Waals surface area contributed by atoms with Gasteiger partial charge in [-0.2, -0.15) is 0 Å². The standard InChI is InChI=1S/C12H23N/c1-4-7-10(3)13-12-9-6-8-11(12)5-2/h4,10-13H,1,5-9H2,2-3H3. The van der Waals surface area contributed by atoms with Gasteiger partial charge in [0.05, 0.1) is 0 Å². The fourth-order valence-electron chi connectivity index (χ4n) is 2.43. The summed E-state index contributed by atoms with van der Waals surface area (Å²) >= 11 is 0. The highest BCUT2D eigenvalue weighted by Crippen LogP contribution is 2.28. The van der Waals surface area contributed by atoms with Crippen LogP contribution in [0, 0.1) is 5.92 Å². The van der Waals surface area contributed by atoms with Gasteiger partial charge in [0.2, 0.25) is 0 Å². The summed E-state index contributed by atoms with van der Waals surface area (Å²) in [6.45, 7) is 8.34. The fraction of sp³-hybridized carbons (Fsp3) is 0.833. The van der Waals surface area contributed by atoms with E-state index in [1.54, 1.807) is 0 Å². The van der Waals surface area contributed by atoms with E-state index in [1.165, 1.54) is 25.7 Å². The first-order valence-electron chi connectivity index (χ1n) is 5.64. The Morgan fingerprint density at radius 1 is 1.54 bits per heavy atom. The van der Waals surface area contributed by atoms with Crippen molar-refractivity contribution in [3.8, 4) is 0 Å². The second kappa shape index (κ2) is 5.43. The molecule has 0 aromatic rings. The minimum absolute atomic E-state index is 0.606. The SMILES string of the molecule is C=CCC(C)NC1CCCC1CC. The quantitative estimate of drug-likeness (QED) is 0.643. The molecule has 1 heteroatoms. The molecule has 0 bridgehead atoms. The highest BCUT2D eigenvalue weighted by atomic mass is 15.0. The van der Waals surface area contributed by atoms with Crippen LogP contribution in [0.15, 0.2) is 12.7 Å². The van der Waals surface area contributed by atoms with Crippen molar-refractivity contribution in [2.45, 2.75) is 58.0 Å². The highest BCUT2D eigenvalue weighted by molar-refractivity contribution is 4.85. The summed E-state index contributed by atoms with van der Waals surface area (Å²) in [5.74, 6) is 0.923. The molecule has 1 fully saturated rings. The monoisotopic (exact) mass is 181 g/mol. The molecule has 13 heavy (non-hydrogen) atoms. The van der Waals surface area contributed by atoms with Crippen LogP contribution in [0.1, 0.15) is 46.0 Å². The second-order valence-electron chi connectivity index (χ2n) is 4.30. The van der Waals surface area contributed by atoms with Crippen molar-refractivity contribution in [3.05, 3.63) is 12.7 Å². The Morgan fingerprint density at radius 2 is 2.31 bits per heavy atom. The molecular weight excluding hydrogens is 158 g/mol. The molecule has 0 heterocycles. The topological polar surface area (TPSA) is 12.0 Å². The largest absolute Gasteiger partial charge is 0.311 e. The number of nitrogens with one attached hydrogen (secondary N) is 1. The van der Waals surface area contributed by atoms with E-state index in [1.807, 2.05) is 6.08 Å². The molecule has 0 spiro atoms. The molecule has 0 aromatic carbocycles. The van der Waals surface area contributed by atoms with Gasteiger partial charge in [-0.15, -0.1) is 6.58 Å². The molecule has 3 atom stereocenters. The predicted octanol–water partition coefficient (Wildman–Crippen LogP) is 3.12. The predicted molar refractivity (Wildman–Crippen MR) is 58.8 cm³/mol. The first-order chi connectivity index (χ1) is 6.27. The van der Waals surface area contributed by atoms with Crippen LogP contribution < -0.4 is 5.32 Å². The van der Waals surface area contributed by atoms with Crippen LogP contribution in [0.5, 0.6) is 0 Å². The molecule has 3 unspecified atom stereocenters. The third-order valence-corrected chi connectivity index (χ3v) is 3.20. The van der Waals surface area contributed by atoms with E-state index in [2.05, 4.69) is 25.7 Å². The molecule has 0 amide bonds. The summed E-state index contributed by atoms with van der Waals surface area (Å²) in [5.41, 5.74) is 0. The lowest BCUT2D eigenvalue weighted by Crippen LogP contribution is -2.38. The average molecular weight is 181 g/mol. The zero-order valence-electron chi connectivity index (χ0n) is 9.05. The van der Waals surface area contributed by atoms with Crippen molar-refractivity contribution < 1.29 is 0 Å². The van der Waals surface area contributed by atoms with Crippen molar-refractivity contribution in [2.24, 2.45) is 5.92 Å². The molecule has 1 aliphatic carbocycles. The van der Waals surface area contributed by atoms with Gasteiger partial charge in [0.1, 0.15) is 0 Å². The van der Waals surface area contributed by atoms with Gasteiger partial charge in [-0.05, 0) is 32.1 Å². The molecule has 0 radical (unpaired) electrons. The summed E-state index contributed by atoms with van der Waals surface area (Å²) in [4.78, 5) is 0. The van der Waals surface area contributed by atoms with E-state index in [0.717, 1.165) is 18.4 Å². The van der Waals surface area contributed by atoms with Gasteiger partial charge in [-0.25, -0.2) is 0 Å². The Morgan fingerprint density at radius 3 is 2.92 bits per heavy atom. The van der Waals surface area contributed by atoms with Crippen LogP contribution in [0.25, 0.3) is 0 Å². The zero-order chi connectivity index (χ0) is 9.68. The molecule has 1 nitrogen and oxygen atoms in total. The Hall–Kier alpha value is -0.300. The van der Waals surface area contributed by atoms with Crippen molar-refractivity contribution >= 4 is 0 Å². The Balaban J connectivity index is 2.30. The van der Waals surface area contributed by atoms with Gasteiger partial charge in [-0.3, -0.25) is 0 Å². The number of hydrogen-bond acceptors (Lipinski definition) is 1. The van der Waals surface area contributed by atoms with Crippen LogP contribution >= 0.6 is 0 Å². The van der Waals surface area contributed by atoms with Gasteiger partial charge in [0, 0.05) is 12.1 Å². The fourth-order valence-corrected chi connectivity index (χ4v) is 2.43. The first kappa shape index (κ1) is 10.8. The average Bonchev–Trinajstić information content (AvgIpc) is 2.52. The maximum Gasteiger partial charge on any atom is 0.00978 e. The number of hydrogen-bond donors (Lipinski definition) is 1. The van der Waals surface area contributed by atoms with Crippen LogP contribution in [0.4, 0.5) is 0 Å². The molecule has 0 aliphatic heterocycles. The summed E-state index contributed by atoms with van der Waals surface area (Å²) in [6.07, 6.45) is 8.64. The molecule has 0 saturated heterocycles. The molecular formula is C12H23N. The zero-order valence-corrected chi connectivity index (χ0v) is 9.05. The van der Waals surface area contributed by atoms with Crippen LogP contribution in [-0.4, -0.2) is 12.1 Å². The lowest BCUT2D eigenvalue weighted by atomic mass is 10.00. The lowest BCUT2D eigenvalue weighted by Gasteiger charge is -2.23. The molecule has 1 rings (SSSR count). The molecule has 76 valence electrons. The lowest BCUT2D eigenvalue weighted by molar-refractivity contribution is 0.357. The summed E-state index contributed by atoms with van der Waals surface area (Å²) in [7, 11) is 0. The van der Waals surface area contributed by atoms with E-state index >= 15 is 0 Å². The van der Waals surface area contributed by atoms with E-state index in [9.17, 15) is 0 Å². The van der Waals surface area contributed by atoms with Crippen molar-refractivity contribution in [1.29, 1.82) is 0 Å². The van der Waals surface area contributed by atoms with E-state index in [0.29, 0.717) is 6.04 Å². The van der Waals surface area contributed by atoms with E-state index < -0.39 is 0 Å². The number of rotatable bonds is 5. The normalized spacial score (nSPS) is 30.3. The van der Waals surface area contributed by atoms with Gasteiger partial charge in [0.25, 0.3) is 0 Å².